The number of rotatable bonds is 8. The fourth-order valence-electron chi connectivity index (χ4n) is 1.29. The van der Waals surface area contributed by atoms with Crippen LogP contribution in [0.3, 0.4) is 0 Å². The van der Waals surface area contributed by atoms with Gasteiger partial charge in [0, 0.05) is 33.4 Å². The second-order valence-corrected chi connectivity index (χ2v) is 4.01. The highest BCUT2D eigenvalue weighted by Crippen LogP contribution is 1.94. The molecule has 0 bridgehead atoms. The van der Waals surface area contributed by atoms with Crippen LogP contribution in [0.1, 0.15) is 39.5 Å². The average Bonchev–Trinajstić information content (AvgIpc) is 2.31. The highest BCUT2D eigenvalue weighted by Gasteiger charge is 2.01. The van der Waals surface area contributed by atoms with E-state index in [2.05, 4.69) is 29.5 Å². The van der Waals surface area contributed by atoms with Gasteiger partial charge in [-0.05, 0) is 32.6 Å². The zero-order chi connectivity index (χ0) is 12.2. The van der Waals surface area contributed by atoms with Gasteiger partial charge in [-0.25, -0.2) is 0 Å². The minimum Gasteiger partial charge on any atom is -0.385 e. The van der Waals surface area contributed by atoms with Crippen LogP contribution in [0.2, 0.25) is 0 Å². The lowest BCUT2D eigenvalue weighted by Crippen LogP contribution is -2.42. The van der Waals surface area contributed by atoms with Crippen LogP contribution >= 0.6 is 24.0 Å². The van der Waals surface area contributed by atoms with Crippen molar-refractivity contribution < 1.29 is 4.74 Å². The summed E-state index contributed by atoms with van der Waals surface area (Å²) in [4.78, 5) is 4.18. The van der Waals surface area contributed by atoms with Crippen molar-refractivity contribution in [3.8, 4) is 0 Å². The van der Waals surface area contributed by atoms with Crippen LogP contribution < -0.4 is 10.6 Å². The summed E-state index contributed by atoms with van der Waals surface area (Å²) in [6.45, 7) is 6.15. The van der Waals surface area contributed by atoms with E-state index in [-0.39, 0.29) is 24.0 Å². The van der Waals surface area contributed by atoms with E-state index in [4.69, 9.17) is 4.74 Å². The smallest absolute Gasteiger partial charge is 0.191 e. The first kappa shape index (κ1) is 19.3. The molecule has 0 aromatic heterocycles. The maximum Gasteiger partial charge on any atom is 0.191 e. The van der Waals surface area contributed by atoms with E-state index in [0.717, 1.165) is 38.4 Å². The Morgan fingerprint density at radius 3 is 2.53 bits per heavy atom. The predicted octanol–water partition coefficient (Wildman–Crippen LogP) is 2.38. The Morgan fingerprint density at radius 2 is 2.00 bits per heavy atom. The Kier molecular flexibility index (Phi) is 15.9. The fourth-order valence-corrected chi connectivity index (χ4v) is 1.29. The summed E-state index contributed by atoms with van der Waals surface area (Å²) in [6.07, 6.45) is 4.59. The third-order valence-corrected chi connectivity index (χ3v) is 2.54. The van der Waals surface area contributed by atoms with Crippen molar-refractivity contribution in [2.75, 3.05) is 27.3 Å². The summed E-state index contributed by atoms with van der Waals surface area (Å²) >= 11 is 0. The molecule has 5 heteroatoms. The monoisotopic (exact) mass is 357 g/mol. The Morgan fingerprint density at radius 1 is 1.29 bits per heavy atom. The van der Waals surface area contributed by atoms with Gasteiger partial charge < -0.3 is 15.4 Å². The Labute approximate surface area is 123 Å². The molecule has 1 unspecified atom stereocenters. The summed E-state index contributed by atoms with van der Waals surface area (Å²) in [5.41, 5.74) is 0. The van der Waals surface area contributed by atoms with Crippen LogP contribution in [0.5, 0.6) is 0 Å². The Bertz CT molecular complexity index is 189. The maximum absolute atomic E-state index is 5.00. The molecule has 0 heterocycles. The molecular formula is C12H28IN3O. The van der Waals surface area contributed by atoms with Gasteiger partial charge in [0.05, 0.1) is 0 Å². The quantitative estimate of drug-likeness (QED) is 0.304. The summed E-state index contributed by atoms with van der Waals surface area (Å²) in [6, 6.07) is 0.472. The van der Waals surface area contributed by atoms with Gasteiger partial charge in [-0.1, -0.05) is 6.92 Å². The lowest BCUT2D eigenvalue weighted by Gasteiger charge is -2.16. The predicted molar refractivity (Wildman–Crippen MR) is 85.4 cm³/mol. The number of aliphatic imine (C=N–C) groups is 1. The molecule has 0 aromatic carbocycles. The average molecular weight is 357 g/mol. The molecule has 0 amide bonds. The van der Waals surface area contributed by atoms with Crippen LogP contribution in [0.4, 0.5) is 0 Å². The van der Waals surface area contributed by atoms with Gasteiger partial charge in [0.25, 0.3) is 0 Å². The SMILES string of the molecule is CCC(C)NC(=NC)NCCCCCOC.I. The van der Waals surface area contributed by atoms with Crippen molar-refractivity contribution in [3.05, 3.63) is 0 Å². The van der Waals surface area contributed by atoms with Crippen molar-refractivity contribution in [2.24, 2.45) is 4.99 Å². The maximum atomic E-state index is 5.00. The van der Waals surface area contributed by atoms with Gasteiger partial charge in [0.1, 0.15) is 0 Å². The minimum atomic E-state index is 0. The van der Waals surface area contributed by atoms with Gasteiger partial charge in [0.2, 0.25) is 0 Å². The molecule has 17 heavy (non-hydrogen) atoms. The topological polar surface area (TPSA) is 45.7 Å². The number of hydrogen-bond acceptors (Lipinski definition) is 2. The van der Waals surface area contributed by atoms with E-state index in [9.17, 15) is 0 Å². The number of nitrogens with one attached hydrogen (secondary N) is 2. The Hall–Kier alpha value is -0.0400. The first-order valence-electron chi connectivity index (χ1n) is 6.20. The minimum absolute atomic E-state index is 0. The van der Waals surface area contributed by atoms with E-state index in [0.29, 0.717) is 6.04 Å². The number of guanidine groups is 1. The van der Waals surface area contributed by atoms with E-state index < -0.39 is 0 Å². The van der Waals surface area contributed by atoms with Crippen molar-refractivity contribution in [1.82, 2.24) is 10.6 Å². The molecule has 1 atom stereocenters. The highest BCUT2D eigenvalue weighted by molar-refractivity contribution is 14.0. The zero-order valence-electron chi connectivity index (χ0n) is 11.6. The van der Waals surface area contributed by atoms with Gasteiger partial charge in [0.15, 0.2) is 5.96 Å². The summed E-state index contributed by atoms with van der Waals surface area (Å²) < 4.78 is 5.00. The Balaban J connectivity index is 0. The number of hydrogen-bond donors (Lipinski definition) is 2. The molecule has 0 aliphatic heterocycles. The van der Waals surface area contributed by atoms with Crippen LogP contribution in [-0.2, 0) is 4.74 Å². The number of ether oxygens (including phenoxy) is 1. The molecule has 2 N–H and O–H groups in total. The van der Waals surface area contributed by atoms with Crippen LogP contribution in [0.15, 0.2) is 4.99 Å². The molecule has 0 aromatic rings. The molecule has 0 saturated carbocycles. The van der Waals surface area contributed by atoms with Crippen LogP contribution in [-0.4, -0.2) is 39.3 Å². The largest absolute Gasteiger partial charge is 0.385 e. The number of methoxy groups -OCH3 is 1. The lowest BCUT2D eigenvalue weighted by atomic mass is 10.2. The fraction of sp³-hybridized carbons (Fsp3) is 0.917. The van der Waals surface area contributed by atoms with Gasteiger partial charge in [-0.15, -0.1) is 24.0 Å². The molecule has 0 rings (SSSR count). The first-order valence-corrected chi connectivity index (χ1v) is 6.20. The number of nitrogens with zero attached hydrogens (tertiary/aromatic N) is 1. The molecule has 0 aliphatic rings. The highest BCUT2D eigenvalue weighted by atomic mass is 127. The van der Waals surface area contributed by atoms with Crippen molar-refractivity contribution >= 4 is 29.9 Å². The van der Waals surface area contributed by atoms with Crippen molar-refractivity contribution in [1.29, 1.82) is 0 Å². The number of halogens is 1. The molecule has 0 radical (unpaired) electrons. The van der Waals surface area contributed by atoms with Crippen LogP contribution in [0.25, 0.3) is 0 Å². The van der Waals surface area contributed by atoms with Gasteiger partial charge in [-0.3, -0.25) is 4.99 Å². The van der Waals surface area contributed by atoms with E-state index in [1.54, 1.807) is 7.11 Å². The van der Waals surface area contributed by atoms with Gasteiger partial charge >= 0.3 is 0 Å². The molecule has 0 aliphatic carbocycles. The van der Waals surface area contributed by atoms with Crippen molar-refractivity contribution in [2.45, 2.75) is 45.6 Å². The summed E-state index contributed by atoms with van der Waals surface area (Å²) in [5.74, 6) is 0.904. The molecule has 4 nitrogen and oxygen atoms in total. The third kappa shape index (κ3) is 12.2. The zero-order valence-corrected chi connectivity index (χ0v) is 13.9. The lowest BCUT2D eigenvalue weighted by molar-refractivity contribution is 0.192. The molecule has 0 saturated heterocycles. The normalized spacial score (nSPS) is 12.8. The van der Waals surface area contributed by atoms with Crippen LogP contribution in [0, 0.1) is 0 Å². The molecule has 104 valence electrons. The van der Waals surface area contributed by atoms with E-state index >= 15 is 0 Å². The third-order valence-electron chi connectivity index (χ3n) is 2.54. The second-order valence-electron chi connectivity index (χ2n) is 4.01. The summed E-state index contributed by atoms with van der Waals surface area (Å²) in [7, 11) is 3.55. The van der Waals surface area contributed by atoms with E-state index in [1.807, 2.05) is 7.05 Å². The first-order chi connectivity index (χ1) is 7.74. The molecular weight excluding hydrogens is 329 g/mol. The molecule has 0 fully saturated rings. The van der Waals surface area contributed by atoms with Crippen molar-refractivity contribution in [3.63, 3.8) is 0 Å². The van der Waals surface area contributed by atoms with Gasteiger partial charge in [-0.2, -0.15) is 0 Å². The summed E-state index contributed by atoms with van der Waals surface area (Å²) in [5, 5.41) is 6.64. The van der Waals surface area contributed by atoms with E-state index in [1.165, 1.54) is 6.42 Å². The second kappa shape index (κ2) is 14.0. The standard InChI is InChI=1S/C12H27N3O.HI/c1-5-11(2)15-12(13-3)14-9-7-6-8-10-16-4;/h11H,5-10H2,1-4H3,(H2,13,14,15);1H. The number of unbranched alkanes of at least 4 members (excludes halogenated alkanes) is 2. The molecule has 0 spiro atoms.